The van der Waals surface area contributed by atoms with Gasteiger partial charge in [-0.25, -0.2) is 0 Å². The smallest absolute Gasteiger partial charge is 0.281 e. The molecular weight excluding hydrogens is 334 g/mol. The van der Waals surface area contributed by atoms with Gasteiger partial charge < -0.3 is 10.1 Å². The Morgan fingerprint density at radius 2 is 1.92 bits per heavy atom. The number of methoxy groups -OCH3 is 1. The summed E-state index contributed by atoms with van der Waals surface area (Å²) in [6.45, 7) is 4.04. The third-order valence-corrected chi connectivity index (χ3v) is 4.48. The maximum Gasteiger partial charge on any atom is 0.281 e. The number of hydrogen-bond donors (Lipinski definition) is 1. The average molecular weight is 355 g/mol. The number of ether oxygens (including phenoxy) is 1. The van der Waals surface area contributed by atoms with E-state index in [1.54, 1.807) is 30.3 Å². The molecule has 0 amide bonds. The molecule has 1 saturated heterocycles. The van der Waals surface area contributed by atoms with Crippen LogP contribution in [0.15, 0.2) is 42.5 Å². The number of ketones is 1. The summed E-state index contributed by atoms with van der Waals surface area (Å²) in [5, 5.41) is 14.9. The van der Waals surface area contributed by atoms with E-state index >= 15 is 0 Å². The molecule has 7 nitrogen and oxygen atoms in total. The van der Waals surface area contributed by atoms with Crippen LogP contribution >= 0.6 is 0 Å². The molecule has 1 fully saturated rings. The second kappa shape index (κ2) is 8.07. The van der Waals surface area contributed by atoms with E-state index in [1.807, 2.05) is 0 Å². The third kappa shape index (κ3) is 3.89. The lowest BCUT2D eigenvalue weighted by atomic mass is 9.99. The number of hydrogen-bond acceptors (Lipinski definition) is 6. The van der Waals surface area contributed by atoms with E-state index in [-0.39, 0.29) is 17.0 Å². The van der Waals surface area contributed by atoms with E-state index < -0.39 is 4.92 Å². The lowest BCUT2D eigenvalue weighted by Gasteiger charge is -2.27. The number of nitro benzene ring substituents is 1. The van der Waals surface area contributed by atoms with Gasteiger partial charge in [0.05, 0.1) is 12.0 Å². The first kappa shape index (κ1) is 18.0. The summed E-state index contributed by atoms with van der Waals surface area (Å²) in [7, 11) is 1.51. The molecule has 7 heteroatoms. The molecule has 0 bridgehead atoms. The highest BCUT2D eigenvalue weighted by molar-refractivity contribution is 6.11. The average Bonchev–Trinajstić information content (AvgIpc) is 2.68. The topological polar surface area (TPSA) is 84.7 Å². The summed E-state index contributed by atoms with van der Waals surface area (Å²) >= 11 is 0. The van der Waals surface area contributed by atoms with Gasteiger partial charge in [-0.05, 0) is 6.07 Å². The normalized spacial score (nSPS) is 14.8. The van der Waals surface area contributed by atoms with E-state index in [4.69, 9.17) is 4.74 Å². The molecule has 1 aliphatic heterocycles. The van der Waals surface area contributed by atoms with Gasteiger partial charge in [0.2, 0.25) is 0 Å². The Bertz CT molecular complexity index is 802. The van der Waals surface area contributed by atoms with Gasteiger partial charge in [-0.1, -0.05) is 30.3 Å². The van der Waals surface area contributed by atoms with Crippen molar-refractivity contribution < 1.29 is 14.5 Å². The van der Waals surface area contributed by atoms with Gasteiger partial charge in [-0.2, -0.15) is 0 Å². The first-order valence-electron chi connectivity index (χ1n) is 8.48. The number of nitrogens with zero attached hydrogens (tertiary/aromatic N) is 2. The van der Waals surface area contributed by atoms with Gasteiger partial charge >= 0.3 is 0 Å². The maximum atomic E-state index is 12.8. The molecule has 0 aliphatic carbocycles. The Balaban J connectivity index is 1.99. The fraction of sp³-hybridized carbons (Fsp3) is 0.316. The second-order valence-electron chi connectivity index (χ2n) is 6.16. The first-order chi connectivity index (χ1) is 12.6. The van der Waals surface area contributed by atoms with Crippen LogP contribution in [0.3, 0.4) is 0 Å². The van der Waals surface area contributed by atoms with Crippen molar-refractivity contribution in [2.45, 2.75) is 6.54 Å². The highest BCUT2D eigenvalue weighted by atomic mass is 16.6. The zero-order valence-corrected chi connectivity index (χ0v) is 14.6. The maximum absolute atomic E-state index is 12.8. The lowest BCUT2D eigenvalue weighted by molar-refractivity contribution is -0.385. The number of nitrogens with one attached hydrogen (secondary N) is 1. The van der Waals surface area contributed by atoms with Crippen molar-refractivity contribution in [2.75, 3.05) is 33.3 Å². The van der Waals surface area contributed by atoms with Crippen LogP contribution in [-0.2, 0) is 6.54 Å². The van der Waals surface area contributed by atoms with Crippen LogP contribution in [0, 0.1) is 10.1 Å². The van der Waals surface area contributed by atoms with Crippen molar-refractivity contribution in [3.8, 4) is 5.75 Å². The molecule has 136 valence electrons. The second-order valence-corrected chi connectivity index (χ2v) is 6.16. The molecule has 0 saturated carbocycles. The van der Waals surface area contributed by atoms with E-state index in [0.29, 0.717) is 23.4 Å². The van der Waals surface area contributed by atoms with Crippen molar-refractivity contribution in [2.24, 2.45) is 0 Å². The summed E-state index contributed by atoms with van der Waals surface area (Å²) in [6.07, 6.45) is 0. The van der Waals surface area contributed by atoms with Gasteiger partial charge in [-0.15, -0.1) is 0 Å². The SMILES string of the molecule is COc1cc(C(=O)c2ccccc2)c([N+](=O)[O-])cc1CN1CCNCC1. The number of piperazine rings is 1. The first-order valence-corrected chi connectivity index (χ1v) is 8.48. The number of rotatable bonds is 6. The van der Waals surface area contributed by atoms with Crippen molar-refractivity contribution in [1.29, 1.82) is 0 Å². The summed E-state index contributed by atoms with van der Waals surface area (Å²) in [5.41, 5.74) is 0.977. The minimum atomic E-state index is -0.503. The number of carbonyl (C=O) groups excluding carboxylic acids is 1. The Morgan fingerprint density at radius 3 is 2.54 bits per heavy atom. The largest absolute Gasteiger partial charge is 0.496 e. The highest BCUT2D eigenvalue weighted by Gasteiger charge is 2.25. The zero-order chi connectivity index (χ0) is 18.5. The molecule has 1 N–H and O–H groups in total. The molecule has 2 aromatic carbocycles. The molecule has 0 aromatic heterocycles. The molecule has 0 radical (unpaired) electrons. The number of benzene rings is 2. The Labute approximate surface area is 151 Å². The highest BCUT2D eigenvalue weighted by Crippen LogP contribution is 2.31. The Kier molecular flexibility index (Phi) is 5.60. The quantitative estimate of drug-likeness (QED) is 0.486. The molecule has 26 heavy (non-hydrogen) atoms. The van der Waals surface area contributed by atoms with E-state index in [1.165, 1.54) is 19.2 Å². The predicted octanol–water partition coefficient (Wildman–Crippen LogP) is 2.24. The number of carbonyl (C=O) groups is 1. The molecule has 2 aromatic rings. The Morgan fingerprint density at radius 1 is 1.23 bits per heavy atom. The van der Waals surface area contributed by atoms with Gasteiger partial charge in [-0.3, -0.25) is 19.8 Å². The van der Waals surface area contributed by atoms with Gasteiger partial charge in [0.15, 0.2) is 5.78 Å². The minimum absolute atomic E-state index is 0.0436. The van der Waals surface area contributed by atoms with E-state index in [0.717, 1.165) is 26.2 Å². The summed E-state index contributed by atoms with van der Waals surface area (Å²) in [6, 6.07) is 11.5. The van der Waals surface area contributed by atoms with Gasteiger partial charge in [0.25, 0.3) is 5.69 Å². The summed E-state index contributed by atoms with van der Waals surface area (Å²) in [4.78, 5) is 26.1. The minimum Gasteiger partial charge on any atom is -0.496 e. The van der Waals surface area contributed by atoms with Crippen LogP contribution in [0.25, 0.3) is 0 Å². The van der Waals surface area contributed by atoms with Crippen molar-refractivity contribution >= 4 is 11.5 Å². The van der Waals surface area contributed by atoms with Crippen molar-refractivity contribution in [1.82, 2.24) is 10.2 Å². The molecule has 0 spiro atoms. The number of nitro groups is 1. The molecule has 1 heterocycles. The fourth-order valence-corrected chi connectivity index (χ4v) is 3.11. The van der Waals surface area contributed by atoms with Crippen LogP contribution in [-0.4, -0.2) is 48.9 Å². The van der Waals surface area contributed by atoms with Crippen LogP contribution in [0.2, 0.25) is 0 Å². The molecule has 0 unspecified atom stereocenters. The monoisotopic (exact) mass is 355 g/mol. The zero-order valence-electron chi connectivity index (χ0n) is 14.6. The van der Waals surface area contributed by atoms with Crippen LogP contribution in [0.5, 0.6) is 5.75 Å². The van der Waals surface area contributed by atoms with E-state index in [9.17, 15) is 14.9 Å². The van der Waals surface area contributed by atoms with Gasteiger partial charge in [0.1, 0.15) is 11.3 Å². The van der Waals surface area contributed by atoms with Crippen molar-refractivity contribution in [3.05, 3.63) is 69.3 Å². The van der Waals surface area contributed by atoms with Gasteiger partial charge in [0, 0.05) is 49.9 Å². The fourth-order valence-electron chi connectivity index (χ4n) is 3.11. The standard InChI is InChI=1S/C19H21N3O4/c1-26-18-12-16(19(23)14-5-3-2-4-6-14)17(22(24)25)11-15(18)13-21-9-7-20-8-10-21/h2-6,11-12,20H,7-10,13H2,1H3. The molecule has 0 atom stereocenters. The van der Waals surface area contributed by atoms with E-state index in [2.05, 4.69) is 10.2 Å². The summed E-state index contributed by atoms with van der Waals surface area (Å²) < 4.78 is 5.43. The molecular formula is C19H21N3O4. The van der Waals surface area contributed by atoms with Crippen LogP contribution < -0.4 is 10.1 Å². The predicted molar refractivity (Wildman–Crippen MR) is 97.7 cm³/mol. The third-order valence-electron chi connectivity index (χ3n) is 4.48. The Hall–Kier alpha value is -2.77. The van der Waals surface area contributed by atoms with Crippen LogP contribution in [0.4, 0.5) is 5.69 Å². The molecule has 1 aliphatic rings. The lowest BCUT2D eigenvalue weighted by Crippen LogP contribution is -2.42. The summed E-state index contributed by atoms with van der Waals surface area (Å²) in [5.74, 6) is 0.109. The van der Waals surface area contributed by atoms with Crippen LogP contribution in [0.1, 0.15) is 21.5 Å². The van der Waals surface area contributed by atoms with Crippen molar-refractivity contribution in [3.63, 3.8) is 0 Å². The molecule has 3 rings (SSSR count).